The van der Waals surface area contributed by atoms with Gasteiger partial charge in [-0.25, -0.2) is 9.67 Å². The first kappa shape index (κ1) is 11.1. The predicted octanol–water partition coefficient (Wildman–Crippen LogP) is 1.24. The molecule has 0 aliphatic carbocycles. The maximum Gasteiger partial charge on any atom is 0.280 e. The summed E-state index contributed by atoms with van der Waals surface area (Å²) in [5, 5.41) is 10.3. The van der Waals surface area contributed by atoms with Crippen molar-refractivity contribution in [2.24, 2.45) is 0 Å². The number of hydrogen-bond donors (Lipinski definition) is 2. The van der Waals surface area contributed by atoms with Gasteiger partial charge in [0.15, 0.2) is 5.69 Å². The summed E-state index contributed by atoms with van der Waals surface area (Å²) < 4.78 is 1.54. The minimum atomic E-state index is -0.364. The standard InChI is InChI=1S/C12H10N6O/c19-11(15-12-13-6-7-14-12)10-8-18(17-16-10)9-4-2-1-3-5-9/h1-8H,(H2,13,14,15,19). The van der Waals surface area contributed by atoms with Crippen molar-refractivity contribution in [3.8, 4) is 5.69 Å². The third kappa shape index (κ3) is 2.34. The molecule has 0 radical (unpaired) electrons. The number of carbonyl (C=O) groups is 1. The fourth-order valence-electron chi connectivity index (χ4n) is 1.58. The van der Waals surface area contributed by atoms with Crippen molar-refractivity contribution < 1.29 is 4.79 Å². The number of imidazole rings is 1. The van der Waals surface area contributed by atoms with Gasteiger partial charge in [0.05, 0.1) is 11.9 Å². The van der Waals surface area contributed by atoms with Crippen LogP contribution in [0.4, 0.5) is 5.95 Å². The molecule has 3 rings (SSSR count). The fraction of sp³-hybridized carbons (Fsp3) is 0. The number of aromatic amines is 1. The first-order valence-corrected chi connectivity index (χ1v) is 5.61. The molecule has 7 nitrogen and oxygen atoms in total. The van der Waals surface area contributed by atoms with E-state index < -0.39 is 0 Å². The van der Waals surface area contributed by atoms with Gasteiger partial charge in [0.2, 0.25) is 5.95 Å². The Labute approximate surface area is 108 Å². The molecule has 0 atom stereocenters. The molecule has 0 saturated heterocycles. The minimum Gasteiger partial charge on any atom is -0.331 e. The lowest BCUT2D eigenvalue weighted by atomic mass is 10.3. The highest BCUT2D eigenvalue weighted by atomic mass is 16.2. The zero-order valence-corrected chi connectivity index (χ0v) is 9.82. The molecule has 0 spiro atoms. The van der Waals surface area contributed by atoms with Crippen molar-refractivity contribution in [1.29, 1.82) is 0 Å². The van der Waals surface area contributed by atoms with Crippen LogP contribution in [0.2, 0.25) is 0 Å². The molecule has 0 fully saturated rings. The number of anilines is 1. The smallest absolute Gasteiger partial charge is 0.280 e. The number of aromatic nitrogens is 5. The zero-order chi connectivity index (χ0) is 13.1. The van der Waals surface area contributed by atoms with E-state index in [0.717, 1.165) is 5.69 Å². The lowest BCUT2D eigenvalue weighted by Crippen LogP contribution is -2.13. The molecule has 7 heteroatoms. The monoisotopic (exact) mass is 254 g/mol. The van der Waals surface area contributed by atoms with E-state index in [-0.39, 0.29) is 11.6 Å². The highest BCUT2D eigenvalue weighted by Crippen LogP contribution is 2.06. The van der Waals surface area contributed by atoms with Crippen LogP contribution in [0.3, 0.4) is 0 Å². The summed E-state index contributed by atoms with van der Waals surface area (Å²) in [5.74, 6) is 0.0105. The Hall–Kier alpha value is -2.96. The van der Waals surface area contributed by atoms with Crippen LogP contribution in [0.25, 0.3) is 5.69 Å². The van der Waals surface area contributed by atoms with Gasteiger partial charge in [0.1, 0.15) is 0 Å². The van der Waals surface area contributed by atoms with Gasteiger partial charge in [0, 0.05) is 12.4 Å². The molecule has 2 heterocycles. The highest BCUT2D eigenvalue weighted by molar-refractivity contribution is 6.01. The number of hydrogen-bond acceptors (Lipinski definition) is 4. The van der Waals surface area contributed by atoms with Gasteiger partial charge in [-0.2, -0.15) is 0 Å². The average Bonchev–Trinajstić information content (AvgIpc) is 3.10. The molecule has 0 bridgehead atoms. The van der Waals surface area contributed by atoms with Crippen molar-refractivity contribution in [1.82, 2.24) is 25.0 Å². The Morgan fingerprint density at radius 3 is 2.84 bits per heavy atom. The van der Waals surface area contributed by atoms with Gasteiger partial charge in [-0.15, -0.1) is 5.10 Å². The van der Waals surface area contributed by atoms with E-state index in [1.807, 2.05) is 30.3 Å². The molecule has 3 aromatic rings. The van der Waals surface area contributed by atoms with Crippen LogP contribution in [0, 0.1) is 0 Å². The van der Waals surface area contributed by atoms with Crippen molar-refractivity contribution in [2.45, 2.75) is 0 Å². The van der Waals surface area contributed by atoms with Gasteiger partial charge in [0.25, 0.3) is 5.91 Å². The van der Waals surface area contributed by atoms with Gasteiger partial charge in [-0.1, -0.05) is 23.4 Å². The molecule has 0 aliphatic rings. The molecular formula is C12H10N6O. The van der Waals surface area contributed by atoms with E-state index in [4.69, 9.17) is 0 Å². The fourth-order valence-corrected chi connectivity index (χ4v) is 1.58. The van der Waals surface area contributed by atoms with Crippen molar-refractivity contribution in [2.75, 3.05) is 5.32 Å². The second-order valence-corrected chi connectivity index (χ2v) is 3.78. The van der Waals surface area contributed by atoms with E-state index in [9.17, 15) is 4.79 Å². The largest absolute Gasteiger partial charge is 0.331 e. The molecule has 0 saturated carbocycles. The number of nitrogens with zero attached hydrogens (tertiary/aromatic N) is 4. The average molecular weight is 254 g/mol. The lowest BCUT2D eigenvalue weighted by molar-refractivity contribution is 0.102. The van der Waals surface area contributed by atoms with Crippen molar-refractivity contribution >= 4 is 11.9 Å². The van der Waals surface area contributed by atoms with Crippen LogP contribution in [-0.4, -0.2) is 30.9 Å². The van der Waals surface area contributed by atoms with Crippen LogP contribution >= 0.6 is 0 Å². The summed E-state index contributed by atoms with van der Waals surface area (Å²) in [6.45, 7) is 0. The summed E-state index contributed by atoms with van der Waals surface area (Å²) in [6.07, 6.45) is 4.74. The first-order chi connectivity index (χ1) is 9.33. The van der Waals surface area contributed by atoms with E-state index in [0.29, 0.717) is 5.95 Å². The summed E-state index contributed by atoms with van der Waals surface area (Å²) in [7, 11) is 0. The zero-order valence-electron chi connectivity index (χ0n) is 9.82. The van der Waals surface area contributed by atoms with Crippen molar-refractivity contribution in [3.63, 3.8) is 0 Å². The molecule has 1 amide bonds. The Bertz CT molecular complexity index is 673. The van der Waals surface area contributed by atoms with Crippen LogP contribution in [0.15, 0.2) is 48.9 Å². The number of amides is 1. The summed E-state index contributed by atoms with van der Waals surface area (Å²) >= 11 is 0. The topological polar surface area (TPSA) is 88.5 Å². The maximum absolute atomic E-state index is 11.9. The number of carbonyl (C=O) groups excluding carboxylic acids is 1. The third-order valence-corrected chi connectivity index (χ3v) is 2.48. The number of para-hydroxylation sites is 1. The van der Waals surface area contributed by atoms with Gasteiger partial charge < -0.3 is 4.98 Å². The Kier molecular flexibility index (Phi) is 2.77. The molecular weight excluding hydrogens is 244 g/mol. The number of H-pyrrole nitrogens is 1. The molecule has 2 aromatic heterocycles. The summed E-state index contributed by atoms with van der Waals surface area (Å²) in [6, 6.07) is 9.44. The van der Waals surface area contributed by atoms with Crippen LogP contribution < -0.4 is 5.32 Å². The predicted molar refractivity (Wildman–Crippen MR) is 67.9 cm³/mol. The normalized spacial score (nSPS) is 10.3. The SMILES string of the molecule is O=C(Nc1ncc[nH]1)c1cn(-c2ccccc2)nn1. The quantitative estimate of drug-likeness (QED) is 0.736. The molecule has 94 valence electrons. The van der Waals surface area contributed by atoms with E-state index in [1.165, 1.54) is 4.68 Å². The lowest BCUT2D eigenvalue weighted by Gasteiger charge is -1.98. The number of benzene rings is 1. The number of rotatable bonds is 3. The van der Waals surface area contributed by atoms with Crippen LogP contribution in [0.5, 0.6) is 0 Å². The van der Waals surface area contributed by atoms with Crippen molar-refractivity contribution in [3.05, 3.63) is 54.6 Å². The van der Waals surface area contributed by atoms with E-state index >= 15 is 0 Å². The molecule has 2 N–H and O–H groups in total. The van der Waals surface area contributed by atoms with E-state index in [2.05, 4.69) is 25.6 Å². The second-order valence-electron chi connectivity index (χ2n) is 3.78. The summed E-state index contributed by atoms with van der Waals surface area (Å²) in [4.78, 5) is 18.6. The third-order valence-electron chi connectivity index (χ3n) is 2.48. The molecule has 0 unspecified atom stereocenters. The van der Waals surface area contributed by atoms with Gasteiger partial charge in [-0.3, -0.25) is 10.1 Å². The molecule has 0 aliphatic heterocycles. The summed E-state index contributed by atoms with van der Waals surface area (Å²) in [5.41, 5.74) is 1.06. The molecule has 19 heavy (non-hydrogen) atoms. The van der Waals surface area contributed by atoms with Gasteiger partial charge in [-0.05, 0) is 12.1 Å². The van der Waals surface area contributed by atoms with Gasteiger partial charge >= 0.3 is 0 Å². The minimum absolute atomic E-state index is 0.222. The Morgan fingerprint density at radius 1 is 1.26 bits per heavy atom. The van der Waals surface area contributed by atoms with Crippen LogP contribution in [0.1, 0.15) is 10.5 Å². The Morgan fingerprint density at radius 2 is 2.11 bits per heavy atom. The second kappa shape index (κ2) is 4.73. The first-order valence-electron chi connectivity index (χ1n) is 5.61. The highest BCUT2D eigenvalue weighted by Gasteiger charge is 2.12. The van der Waals surface area contributed by atoms with E-state index in [1.54, 1.807) is 18.6 Å². The Balaban J connectivity index is 1.80. The number of nitrogens with one attached hydrogen (secondary N) is 2. The molecule has 1 aromatic carbocycles. The maximum atomic E-state index is 11.9. The van der Waals surface area contributed by atoms with Crippen LogP contribution in [-0.2, 0) is 0 Å².